The Morgan fingerprint density at radius 2 is 2.00 bits per heavy atom. The van der Waals surface area contributed by atoms with Gasteiger partial charge >= 0.3 is 0 Å². The third-order valence-corrected chi connectivity index (χ3v) is 2.63. The summed E-state index contributed by atoms with van der Waals surface area (Å²) in [6.45, 7) is 2.17. The standard InChI is InChI=1S/C13H13NO2/c1-2-10(15)9-14-8-7-13(16)11-5-3-4-6-12(11)14/h3-8H,2,9H2,1H3. The number of benzene rings is 1. The van der Waals surface area contributed by atoms with E-state index in [2.05, 4.69) is 0 Å². The monoisotopic (exact) mass is 215 g/mol. The SMILES string of the molecule is CCC(=O)Cn1ccc(=O)c2ccccc21. The summed E-state index contributed by atoms with van der Waals surface area (Å²) < 4.78 is 1.82. The number of carbonyl (C=O) groups is 1. The highest BCUT2D eigenvalue weighted by atomic mass is 16.1. The Bertz CT molecular complexity index is 584. The van der Waals surface area contributed by atoms with Crippen molar-refractivity contribution in [3.05, 3.63) is 46.8 Å². The lowest BCUT2D eigenvalue weighted by atomic mass is 10.2. The second-order valence-electron chi connectivity index (χ2n) is 3.72. The topological polar surface area (TPSA) is 39.1 Å². The molecule has 2 aromatic rings. The van der Waals surface area contributed by atoms with Crippen molar-refractivity contribution in [3.63, 3.8) is 0 Å². The molecule has 0 radical (unpaired) electrons. The third kappa shape index (κ3) is 1.89. The zero-order chi connectivity index (χ0) is 11.5. The van der Waals surface area contributed by atoms with Crippen LogP contribution < -0.4 is 5.43 Å². The van der Waals surface area contributed by atoms with Gasteiger partial charge in [0.1, 0.15) is 0 Å². The predicted octanol–water partition coefficient (Wildman–Crippen LogP) is 1.98. The Labute approximate surface area is 93.3 Å². The van der Waals surface area contributed by atoms with Crippen LogP contribution >= 0.6 is 0 Å². The molecule has 0 aliphatic heterocycles. The number of hydrogen-bond acceptors (Lipinski definition) is 2. The molecular formula is C13H13NO2. The molecule has 0 saturated carbocycles. The maximum Gasteiger partial charge on any atom is 0.189 e. The Morgan fingerprint density at radius 1 is 1.25 bits per heavy atom. The number of pyridine rings is 1. The van der Waals surface area contributed by atoms with Crippen molar-refractivity contribution in [3.8, 4) is 0 Å². The first-order valence-corrected chi connectivity index (χ1v) is 5.32. The van der Waals surface area contributed by atoms with Crippen LogP contribution in [0.15, 0.2) is 41.3 Å². The maximum absolute atomic E-state index is 11.6. The number of fused-ring (bicyclic) bond motifs is 1. The molecule has 3 nitrogen and oxygen atoms in total. The summed E-state index contributed by atoms with van der Waals surface area (Å²) in [5.41, 5.74) is 0.813. The zero-order valence-electron chi connectivity index (χ0n) is 9.14. The van der Waals surface area contributed by atoms with E-state index in [1.54, 1.807) is 12.3 Å². The molecule has 0 bridgehead atoms. The molecule has 16 heavy (non-hydrogen) atoms. The molecule has 3 heteroatoms. The first kappa shape index (κ1) is 10.6. The highest BCUT2D eigenvalue weighted by Crippen LogP contribution is 2.09. The maximum atomic E-state index is 11.6. The fourth-order valence-electron chi connectivity index (χ4n) is 1.70. The van der Waals surface area contributed by atoms with Crippen molar-refractivity contribution in [1.29, 1.82) is 0 Å². The van der Waals surface area contributed by atoms with Gasteiger partial charge in [-0.25, -0.2) is 0 Å². The first-order chi connectivity index (χ1) is 7.72. The van der Waals surface area contributed by atoms with Gasteiger partial charge in [0.2, 0.25) is 0 Å². The molecule has 0 fully saturated rings. The molecule has 0 atom stereocenters. The van der Waals surface area contributed by atoms with Gasteiger partial charge in [-0.05, 0) is 12.1 Å². The molecule has 1 aromatic carbocycles. The van der Waals surface area contributed by atoms with Crippen molar-refractivity contribution in [2.45, 2.75) is 19.9 Å². The van der Waals surface area contributed by atoms with Gasteiger partial charge in [0, 0.05) is 24.1 Å². The molecule has 0 saturated heterocycles. The second kappa shape index (κ2) is 4.31. The van der Waals surface area contributed by atoms with Crippen LogP contribution in [-0.4, -0.2) is 10.4 Å². The fraction of sp³-hybridized carbons (Fsp3) is 0.231. The first-order valence-electron chi connectivity index (χ1n) is 5.32. The third-order valence-electron chi connectivity index (χ3n) is 2.63. The minimum atomic E-state index is -0.00389. The van der Waals surface area contributed by atoms with Crippen LogP contribution in [-0.2, 0) is 11.3 Å². The average Bonchev–Trinajstić information content (AvgIpc) is 2.33. The van der Waals surface area contributed by atoms with E-state index in [9.17, 15) is 9.59 Å². The van der Waals surface area contributed by atoms with E-state index in [4.69, 9.17) is 0 Å². The number of Topliss-reactive ketones (excluding diaryl/α,β-unsaturated/α-hetero) is 1. The highest BCUT2D eigenvalue weighted by Gasteiger charge is 2.04. The lowest BCUT2D eigenvalue weighted by Crippen LogP contribution is -2.13. The Kier molecular flexibility index (Phi) is 2.86. The summed E-state index contributed by atoms with van der Waals surface area (Å²) in [5.74, 6) is 0.161. The summed E-state index contributed by atoms with van der Waals surface area (Å²) in [6, 6.07) is 8.85. The van der Waals surface area contributed by atoms with Crippen LogP contribution in [0.25, 0.3) is 10.9 Å². The summed E-state index contributed by atoms with van der Waals surface area (Å²) >= 11 is 0. The van der Waals surface area contributed by atoms with Crippen LogP contribution in [0.1, 0.15) is 13.3 Å². The Hall–Kier alpha value is -1.90. The molecule has 0 aliphatic rings. The van der Waals surface area contributed by atoms with Gasteiger partial charge in [0.15, 0.2) is 11.2 Å². The molecule has 0 N–H and O–H groups in total. The van der Waals surface area contributed by atoms with E-state index in [1.165, 1.54) is 6.07 Å². The van der Waals surface area contributed by atoms with Gasteiger partial charge in [0.25, 0.3) is 0 Å². The van der Waals surface area contributed by atoms with E-state index >= 15 is 0 Å². The van der Waals surface area contributed by atoms with Crippen molar-refractivity contribution in [1.82, 2.24) is 4.57 Å². The van der Waals surface area contributed by atoms with E-state index in [-0.39, 0.29) is 11.2 Å². The molecule has 0 aliphatic carbocycles. The van der Waals surface area contributed by atoms with Crippen molar-refractivity contribution in [2.75, 3.05) is 0 Å². The van der Waals surface area contributed by atoms with Gasteiger partial charge in [-0.1, -0.05) is 19.1 Å². The quantitative estimate of drug-likeness (QED) is 0.785. The molecule has 1 aromatic heterocycles. The summed E-state index contributed by atoms with van der Waals surface area (Å²) in [6.07, 6.45) is 2.19. The highest BCUT2D eigenvalue weighted by molar-refractivity contribution is 5.82. The minimum absolute atomic E-state index is 0.00389. The van der Waals surface area contributed by atoms with E-state index in [0.717, 1.165) is 5.52 Å². The Morgan fingerprint density at radius 3 is 2.75 bits per heavy atom. The van der Waals surface area contributed by atoms with Crippen molar-refractivity contribution in [2.24, 2.45) is 0 Å². The van der Waals surface area contributed by atoms with Gasteiger partial charge in [-0.15, -0.1) is 0 Å². The number of hydrogen-bond donors (Lipinski definition) is 0. The lowest BCUT2D eigenvalue weighted by molar-refractivity contribution is -0.119. The second-order valence-corrected chi connectivity index (χ2v) is 3.72. The van der Waals surface area contributed by atoms with Crippen LogP contribution in [0.2, 0.25) is 0 Å². The number of carbonyl (C=O) groups excluding carboxylic acids is 1. The van der Waals surface area contributed by atoms with Crippen LogP contribution in [0, 0.1) is 0 Å². The number of ketones is 1. The van der Waals surface area contributed by atoms with Crippen LogP contribution in [0.4, 0.5) is 0 Å². The largest absolute Gasteiger partial charge is 0.340 e. The normalized spacial score (nSPS) is 10.6. The van der Waals surface area contributed by atoms with Gasteiger partial charge in [-0.2, -0.15) is 0 Å². The zero-order valence-corrected chi connectivity index (χ0v) is 9.14. The van der Waals surface area contributed by atoms with Crippen molar-refractivity contribution >= 4 is 16.7 Å². The number of rotatable bonds is 3. The lowest BCUT2D eigenvalue weighted by Gasteiger charge is -2.08. The van der Waals surface area contributed by atoms with Gasteiger partial charge in [-0.3, -0.25) is 9.59 Å². The molecule has 0 spiro atoms. The summed E-state index contributed by atoms with van der Waals surface area (Å²) in [7, 11) is 0. The van der Waals surface area contributed by atoms with E-state index in [0.29, 0.717) is 18.4 Å². The van der Waals surface area contributed by atoms with Crippen LogP contribution in [0.3, 0.4) is 0 Å². The molecule has 2 rings (SSSR count). The summed E-state index contributed by atoms with van der Waals surface area (Å²) in [5, 5.41) is 0.661. The summed E-state index contributed by atoms with van der Waals surface area (Å²) in [4.78, 5) is 23.0. The molecule has 1 heterocycles. The Balaban J connectivity index is 2.59. The predicted molar refractivity (Wildman–Crippen MR) is 63.5 cm³/mol. The fourth-order valence-corrected chi connectivity index (χ4v) is 1.70. The van der Waals surface area contributed by atoms with Crippen molar-refractivity contribution < 1.29 is 4.79 Å². The minimum Gasteiger partial charge on any atom is -0.340 e. The molecule has 0 unspecified atom stereocenters. The number of aromatic nitrogens is 1. The van der Waals surface area contributed by atoms with E-state index < -0.39 is 0 Å². The smallest absolute Gasteiger partial charge is 0.189 e. The van der Waals surface area contributed by atoms with Crippen LogP contribution in [0.5, 0.6) is 0 Å². The molecule has 0 amide bonds. The molecular weight excluding hydrogens is 202 g/mol. The van der Waals surface area contributed by atoms with Gasteiger partial charge in [0.05, 0.1) is 12.1 Å². The number of para-hydroxylation sites is 1. The van der Waals surface area contributed by atoms with E-state index in [1.807, 2.05) is 29.7 Å². The number of nitrogens with zero attached hydrogens (tertiary/aromatic N) is 1. The van der Waals surface area contributed by atoms with Gasteiger partial charge < -0.3 is 4.57 Å². The average molecular weight is 215 g/mol. The molecule has 82 valence electrons.